The molecule has 0 aromatic rings. The van der Waals surface area contributed by atoms with E-state index in [1.54, 1.807) is 0 Å². The smallest absolute Gasteiger partial charge is 0.227 e. The van der Waals surface area contributed by atoms with Crippen LogP contribution in [0, 0.1) is 5.41 Å². The maximum absolute atomic E-state index is 12.1. The summed E-state index contributed by atoms with van der Waals surface area (Å²) >= 11 is 0. The summed E-state index contributed by atoms with van der Waals surface area (Å²) < 4.78 is 0. The van der Waals surface area contributed by atoms with Crippen LogP contribution in [-0.4, -0.2) is 36.0 Å². The quantitative estimate of drug-likeness (QED) is 0.799. The lowest BCUT2D eigenvalue weighted by Crippen LogP contribution is -2.51. The van der Waals surface area contributed by atoms with Gasteiger partial charge < -0.3 is 10.2 Å². The van der Waals surface area contributed by atoms with Crippen LogP contribution >= 0.6 is 0 Å². The number of hydrogen-bond acceptors (Lipinski definition) is 2. The van der Waals surface area contributed by atoms with E-state index in [1.807, 2.05) is 25.7 Å². The lowest BCUT2D eigenvalue weighted by Gasteiger charge is -2.39. The number of amides is 1. The van der Waals surface area contributed by atoms with Gasteiger partial charge in [-0.2, -0.15) is 0 Å². The van der Waals surface area contributed by atoms with Crippen molar-refractivity contribution in [3.63, 3.8) is 0 Å². The standard InChI is InChI=1S/C14H26N2O/c1-14(2,3)13(17)16-9-7-12(8-10-16)15-11-5-4-6-11/h11-12,15H,4-10H2,1-3H3. The van der Waals surface area contributed by atoms with Crippen LogP contribution in [0.4, 0.5) is 0 Å². The Hall–Kier alpha value is -0.570. The molecule has 1 saturated carbocycles. The second kappa shape index (κ2) is 4.97. The molecule has 0 spiro atoms. The Morgan fingerprint density at radius 3 is 2.00 bits per heavy atom. The number of hydrogen-bond donors (Lipinski definition) is 1. The molecule has 0 aromatic heterocycles. The fraction of sp³-hybridized carbons (Fsp3) is 0.929. The lowest BCUT2D eigenvalue weighted by atomic mass is 9.90. The van der Waals surface area contributed by atoms with E-state index in [1.165, 1.54) is 19.3 Å². The van der Waals surface area contributed by atoms with Crippen LogP contribution in [-0.2, 0) is 4.79 Å². The molecule has 98 valence electrons. The van der Waals surface area contributed by atoms with Crippen molar-refractivity contribution in [3.8, 4) is 0 Å². The largest absolute Gasteiger partial charge is 0.342 e. The molecular weight excluding hydrogens is 212 g/mol. The fourth-order valence-corrected chi connectivity index (χ4v) is 2.63. The third-order valence-corrected chi connectivity index (χ3v) is 4.00. The highest BCUT2D eigenvalue weighted by Gasteiger charge is 2.31. The molecule has 0 bridgehead atoms. The van der Waals surface area contributed by atoms with Gasteiger partial charge in [-0.1, -0.05) is 27.2 Å². The molecule has 2 aliphatic rings. The van der Waals surface area contributed by atoms with Gasteiger partial charge in [0.2, 0.25) is 5.91 Å². The van der Waals surface area contributed by atoms with Crippen molar-refractivity contribution >= 4 is 5.91 Å². The van der Waals surface area contributed by atoms with E-state index in [9.17, 15) is 4.79 Å². The first kappa shape index (κ1) is 12.9. The molecule has 3 nitrogen and oxygen atoms in total. The zero-order chi connectivity index (χ0) is 12.5. The van der Waals surface area contributed by atoms with E-state index in [4.69, 9.17) is 0 Å². The number of likely N-dealkylation sites (tertiary alicyclic amines) is 1. The first-order valence-corrected chi connectivity index (χ1v) is 7.02. The third kappa shape index (κ3) is 3.21. The zero-order valence-corrected chi connectivity index (χ0v) is 11.5. The van der Waals surface area contributed by atoms with Gasteiger partial charge in [0.1, 0.15) is 0 Å². The Balaban J connectivity index is 1.75. The highest BCUT2D eigenvalue weighted by molar-refractivity contribution is 5.81. The molecule has 1 saturated heterocycles. The van der Waals surface area contributed by atoms with E-state index in [0.717, 1.165) is 32.0 Å². The number of carbonyl (C=O) groups excluding carboxylic acids is 1. The van der Waals surface area contributed by atoms with Gasteiger partial charge in [-0.15, -0.1) is 0 Å². The van der Waals surface area contributed by atoms with Crippen LogP contribution in [0.1, 0.15) is 52.9 Å². The summed E-state index contributed by atoms with van der Waals surface area (Å²) in [5.41, 5.74) is -0.228. The van der Waals surface area contributed by atoms with Crippen molar-refractivity contribution in [2.24, 2.45) is 5.41 Å². The van der Waals surface area contributed by atoms with Crippen LogP contribution < -0.4 is 5.32 Å². The molecule has 0 aromatic carbocycles. The number of piperidine rings is 1. The summed E-state index contributed by atoms with van der Waals surface area (Å²) in [6, 6.07) is 1.41. The SMILES string of the molecule is CC(C)(C)C(=O)N1CCC(NC2CCC2)CC1. The third-order valence-electron chi connectivity index (χ3n) is 4.00. The Morgan fingerprint density at radius 1 is 1.06 bits per heavy atom. The summed E-state index contributed by atoms with van der Waals surface area (Å²) in [6.45, 7) is 7.89. The normalized spacial score (nSPS) is 23.6. The van der Waals surface area contributed by atoms with Gasteiger partial charge in [-0.25, -0.2) is 0 Å². The highest BCUT2D eigenvalue weighted by atomic mass is 16.2. The molecule has 0 atom stereocenters. The van der Waals surface area contributed by atoms with Gasteiger partial charge in [-0.3, -0.25) is 4.79 Å². The maximum atomic E-state index is 12.1. The molecule has 3 heteroatoms. The van der Waals surface area contributed by atoms with Gasteiger partial charge in [0, 0.05) is 30.6 Å². The number of nitrogens with zero attached hydrogens (tertiary/aromatic N) is 1. The van der Waals surface area contributed by atoms with Gasteiger partial charge in [-0.05, 0) is 25.7 Å². The predicted molar refractivity (Wildman–Crippen MR) is 69.8 cm³/mol. The summed E-state index contributed by atoms with van der Waals surface area (Å²) in [4.78, 5) is 14.2. The number of rotatable bonds is 2. The first-order chi connectivity index (χ1) is 7.97. The molecule has 1 amide bonds. The van der Waals surface area contributed by atoms with Crippen LogP contribution in [0.15, 0.2) is 0 Å². The Morgan fingerprint density at radius 2 is 1.59 bits per heavy atom. The Labute approximate surface area is 105 Å². The second-order valence-electron chi connectivity index (χ2n) is 6.61. The summed E-state index contributed by atoms with van der Waals surface area (Å²) in [6.07, 6.45) is 6.33. The molecule has 1 N–H and O–H groups in total. The van der Waals surface area contributed by atoms with E-state index in [-0.39, 0.29) is 5.41 Å². The molecule has 1 aliphatic heterocycles. The van der Waals surface area contributed by atoms with Crippen molar-refractivity contribution in [3.05, 3.63) is 0 Å². The first-order valence-electron chi connectivity index (χ1n) is 7.02. The minimum atomic E-state index is -0.228. The lowest BCUT2D eigenvalue weighted by molar-refractivity contribution is -0.140. The van der Waals surface area contributed by atoms with Crippen molar-refractivity contribution < 1.29 is 4.79 Å². The average Bonchev–Trinajstić information content (AvgIpc) is 2.22. The van der Waals surface area contributed by atoms with Crippen molar-refractivity contribution in [2.45, 2.75) is 65.0 Å². The monoisotopic (exact) mass is 238 g/mol. The maximum Gasteiger partial charge on any atom is 0.227 e. The fourth-order valence-electron chi connectivity index (χ4n) is 2.63. The Kier molecular flexibility index (Phi) is 3.76. The van der Waals surface area contributed by atoms with Crippen LogP contribution in [0.2, 0.25) is 0 Å². The average molecular weight is 238 g/mol. The summed E-state index contributed by atoms with van der Waals surface area (Å²) in [5, 5.41) is 3.72. The zero-order valence-electron chi connectivity index (χ0n) is 11.5. The molecule has 17 heavy (non-hydrogen) atoms. The molecule has 2 fully saturated rings. The van der Waals surface area contributed by atoms with Gasteiger partial charge >= 0.3 is 0 Å². The molecule has 2 rings (SSSR count). The minimum absolute atomic E-state index is 0.228. The summed E-state index contributed by atoms with van der Waals surface area (Å²) in [5.74, 6) is 0.305. The van der Waals surface area contributed by atoms with Crippen molar-refractivity contribution in [2.75, 3.05) is 13.1 Å². The molecular formula is C14H26N2O. The van der Waals surface area contributed by atoms with Gasteiger partial charge in [0.05, 0.1) is 0 Å². The molecule has 0 unspecified atom stereocenters. The van der Waals surface area contributed by atoms with E-state index < -0.39 is 0 Å². The molecule has 1 heterocycles. The molecule has 1 aliphatic carbocycles. The summed E-state index contributed by atoms with van der Waals surface area (Å²) in [7, 11) is 0. The molecule has 0 radical (unpaired) electrons. The van der Waals surface area contributed by atoms with Crippen molar-refractivity contribution in [1.29, 1.82) is 0 Å². The van der Waals surface area contributed by atoms with E-state index in [2.05, 4.69) is 5.32 Å². The minimum Gasteiger partial charge on any atom is -0.342 e. The van der Waals surface area contributed by atoms with E-state index >= 15 is 0 Å². The van der Waals surface area contributed by atoms with Gasteiger partial charge in [0.15, 0.2) is 0 Å². The van der Waals surface area contributed by atoms with Crippen LogP contribution in [0.25, 0.3) is 0 Å². The second-order valence-corrected chi connectivity index (χ2v) is 6.61. The Bertz CT molecular complexity index is 270. The van der Waals surface area contributed by atoms with Crippen molar-refractivity contribution in [1.82, 2.24) is 10.2 Å². The highest BCUT2D eigenvalue weighted by Crippen LogP contribution is 2.23. The van der Waals surface area contributed by atoms with Crippen LogP contribution in [0.5, 0.6) is 0 Å². The topological polar surface area (TPSA) is 32.3 Å². The van der Waals surface area contributed by atoms with E-state index in [0.29, 0.717) is 11.9 Å². The van der Waals surface area contributed by atoms with Gasteiger partial charge in [0.25, 0.3) is 0 Å². The van der Waals surface area contributed by atoms with Crippen LogP contribution in [0.3, 0.4) is 0 Å². The number of nitrogens with one attached hydrogen (secondary N) is 1. The number of carbonyl (C=O) groups is 1. The predicted octanol–water partition coefficient (Wildman–Crippen LogP) is 2.17.